The van der Waals surface area contributed by atoms with E-state index in [-0.39, 0.29) is 0 Å². The zero-order valence-electron chi connectivity index (χ0n) is 12.1. The van der Waals surface area contributed by atoms with Gasteiger partial charge in [-0.3, -0.25) is 0 Å². The lowest BCUT2D eigenvalue weighted by Gasteiger charge is -2.21. The Morgan fingerprint density at radius 2 is 2.11 bits per heavy atom. The van der Waals surface area contributed by atoms with Crippen molar-refractivity contribution in [1.82, 2.24) is 9.55 Å². The zero-order valence-corrected chi connectivity index (χ0v) is 12.1. The summed E-state index contributed by atoms with van der Waals surface area (Å²) in [5.41, 5.74) is 7.49. The summed E-state index contributed by atoms with van der Waals surface area (Å²) in [5.74, 6) is 3.78. The lowest BCUT2D eigenvalue weighted by molar-refractivity contribution is 0.0796. The second kappa shape index (κ2) is 5.16. The largest absolute Gasteiger partial charge is 0.384 e. The van der Waals surface area contributed by atoms with Crippen molar-refractivity contribution in [3.05, 3.63) is 11.5 Å². The van der Waals surface area contributed by atoms with Crippen molar-refractivity contribution in [3.8, 4) is 0 Å². The molecule has 1 saturated carbocycles. The molecule has 3 rings (SSSR count). The number of nitrogen functional groups attached to an aromatic ring is 1. The first-order valence-electron chi connectivity index (χ1n) is 7.60. The van der Waals surface area contributed by atoms with Gasteiger partial charge in [0.15, 0.2) is 0 Å². The third kappa shape index (κ3) is 2.64. The highest BCUT2D eigenvalue weighted by Crippen LogP contribution is 2.42. The van der Waals surface area contributed by atoms with Crippen molar-refractivity contribution in [2.75, 3.05) is 18.9 Å². The Balaban J connectivity index is 1.91. The summed E-state index contributed by atoms with van der Waals surface area (Å²) >= 11 is 0. The molecule has 4 nitrogen and oxygen atoms in total. The van der Waals surface area contributed by atoms with E-state index in [2.05, 4.69) is 18.4 Å². The normalized spacial score (nSPS) is 24.1. The van der Waals surface area contributed by atoms with Gasteiger partial charge in [0.2, 0.25) is 0 Å². The first-order chi connectivity index (χ1) is 9.16. The van der Waals surface area contributed by atoms with Crippen molar-refractivity contribution in [3.63, 3.8) is 0 Å². The summed E-state index contributed by atoms with van der Waals surface area (Å²) in [6, 6.07) is 0. The van der Waals surface area contributed by atoms with Crippen LogP contribution >= 0.6 is 0 Å². The molecule has 106 valence electrons. The van der Waals surface area contributed by atoms with Crippen LogP contribution < -0.4 is 5.73 Å². The van der Waals surface area contributed by atoms with Gasteiger partial charge >= 0.3 is 0 Å². The Labute approximate surface area is 115 Å². The molecule has 1 atom stereocenters. The van der Waals surface area contributed by atoms with Crippen molar-refractivity contribution < 1.29 is 4.74 Å². The molecule has 0 spiro atoms. The van der Waals surface area contributed by atoms with E-state index in [0.29, 0.717) is 17.8 Å². The fourth-order valence-electron chi connectivity index (χ4n) is 2.97. The number of nitrogens with two attached hydrogens (primary N) is 1. The molecule has 1 aliphatic heterocycles. The molecule has 0 amide bonds. The molecule has 2 N–H and O–H groups in total. The predicted molar refractivity (Wildman–Crippen MR) is 76.2 cm³/mol. The van der Waals surface area contributed by atoms with E-state index in [1.54, 1.807) is 0 Å². The topological polar surface area (TPSA) is 53.1 Å². The molecule has 1 saturated heterocycles. The fraction of sp³-hybridized carbons (Fsp3) is 0.800. The van der Waals surface area contributed by atoms with Crippen molar-refractivity contribution in [1.29, 1.82) is 0 Å². The number of hydrogen-bond donors (Lipinski definition) is 1. The van der Waals surface area contributed by atoms with Gasteiger partial charge in [0.05, 0.1) is 12.3 Å². The summed E-state index contributed by atoms with van der Waals surface area (Å²) < 4.78 is 7.86. The molecule has 0 radical (unpaired) electrons. The van der Waals surface area contributed by atoms with Crippen LogP contribution in [0.1, 0.15) is 62.9 Å². The van der Waals surface area contributed by atoms with E-state index in [9.17, 15) is 0 Å². The average Bonchev–Trinajstić information content (AvgIpc) is 3.18. The second-order valence-electron chi connectivity index (χ2n) is 6.43. The molecular formula is C15H25N3O. The maximum absolute atomic E-state index is 6.39. The number of nitrogens with zero attached hydrogens (tertiary/aromatic N) is 2. The van der Waals surface area contributed by atoms with Gasteiger partial charge in [0, 0.05) is 25.0 Å². The zero-order chi connectivity index (χ0) is 13.4. The molecule has 1 aromatic heterocycles. The Hall–Kier alpha value is -1.03. The van der Waals surface area contributed by atoms with Crippen LogP contribution in [0.4, 0.5) is 5.82 Å². The molecule has 1 aromatic rings. The van der Waals surface area contributed by atoms with Crippen LogP contribution in [0, 0.1) is 5.92 Å². The molecule has 4 heteroatoms. The number of imidazole rings is 1. The van der Waals surface area contributed by atoms with Gasteiger partial charge in [-0.2, -0.15) is 0 Å². The van der Waals surface area contributed by atoms with E-state index in [4.69, 9.17) is 15.5 Å². The number of rotatable bonds is 4. The average molecular weight is 263 g/mol. The minimum Gasteiger partial charge on any atom is -0.384 e. The first kappa shape index (κ1) is 13.0. The van der Waals surface area contributed by atoms with E-state index in [0.717, 1.165) is 44.1 Å². The van der Waals surface area contributed by atoms with E-state index in [1.165, 1.54) is 18.7 Å². The lowest BCUT2D eigenvalue weighted by Crippen LogP contribution is -2.17. The molecule has 2 fully saturated rings. The number of aromatic nitrogens is 2. The van der Waals surface area contributed by atoms with Gasteiger partial charge in [0.25, 0.3) is 0 Å². The van der Waals surface area contributed by atoms with Gasteiger partial charge in [-0.05, 0) is 31.6 Å². The Kier molecular flexibility index (Phi) is 3.52. The Morgan fingerprint density at radius 3 is 2.68 bits per heavy atom. The molecule has 2 heterocycles. The molecule has 1 aliphatic carbocycles. The van der Waals surface area contributed by atoms with Crippen LogP contribution in [-0.4, -0.2) is 22.8 Å². The summed E-state index contributed by atoms with van der Waals surface area (Å²) in [4.78, 5) is 4.91. The summed E-state index contributed by atoms with van der Waals surface area (Å²) in [5, 5.41) is 0. The third-order valence-corrected chi connectivity index (χ3v) is 4.10. The number of anilines is 1. The maximum Gasteiger partial charge on any atom is 0.127 e. The molecule has 0 aromatic carbocycles. The number of hydrogen-bond acceptors (Lipinski definition) is 3. The molecule has 1 unspecified atom stereocenters. The monoisotopic (exact) mass is 263 g/mol. The smallest absolute Gasteiger partial charge is 0.127 e. The third-order valence-electron chi connectivity index (χ3n) is 4.10. The summed E-state index contributed by atoms with van der Waals surface area (Å²) in [6.45, 7) is 7.13. The van der Waals surface area contributed by atoms with Gasteiger partial charge in [-0.25, -0.2) is 4.98 Å². The van der Waals surface area contributed by atoms with Crippen molar-refractivity contribution in [2.24, 2.45) is 5.92 Å². The van der Waals surface area contributed by atoms with E-state index < -0.39 is 0 Å². The fourth-order valence-corrected chi connectivity index (χ4v) is 2.97. The van der Waals surface area contributed by atoms with Crippen LogP contribution in [0.3, 0.4) is 0 Å². The maximum atomic E-state index is 6.39. The Morgan fingerprint density at radius 1 is 1.32 bits per heavy atom. The highest BCUT2D eigenvalue weighted by molar-refractivity contribution is 5.42. The minimum absolute atomic E-state index is 0.402. The quantitative estimate of drug-likeness (QED) is 0.908. The van der Waals surface area contributed by atoms with Crippen molar-refractivity contribution in [2.45, 2.75) is 57.9 Å². The van der Waals surface area contributed by atoms with Gasteiger partial charge in [0.1, 0.15) is 11.6 Å². The standard InChI is InChI=1S/C15H25N3O/c1-10(2)8-18-14(16)13(12-4-3-7-19-9-12)17-15(18)11-5-6-11/h10-12H,3-9,16H2,1-2H3. The highest BCUT2D eigenvalue weighted by atomic mass is 16.5. The van der Waals surface area contributed by atoms with Crippen LogP contribution in [0.15, 0.2) is 0 Å². The number of ether oxygens (including phenoxy) is 1. The van der Waals surface area contributed by atoms with Crippen LogP contribution in [0.2, 0.25) is 0 Å². The Bertz CT molecular complexity index is 442. The van der Waals surface area contributed by atoms with Gasteiger partial charge in [-0.15, -0.1) is 0 Å². The van der Waals surface area contributed by atoms with Crippen LogP contribution in [0.5, 0.6) is 0 Å². The molecular weight excluding hydrogens is 238 g/mol. The van der Waals surface area contributed by atoms with Gasteiger partial charge < -0.3 is 15.0 Å². The highest BCUT2D eigenvalue weighted by Gasteiger charge is 2.33. The predicted octanol–water partition coefficient (Wildman–Crippen LogP) is 2.89. The second-order valence-corrected chi connectivity index (χ2v) is 6.43. The van der Waals surface area contributed by atoms with E-state index >= 15 is 0 Å². The minimum atomic E-state index is 0.402. The van der Waals surface area contributed by atoms with Crippen molar-refractivity contribution >= 4 is 5.82 Å². The lowest BCUT2D eigenvalue weighted by atomic mass is 9.98. The molecule has 2 aliphatic rings. The summed E-state index contributed by atoms with van der Waals surface area (Å²) in [6.07, 6.45) is 4.83. The summed E-state index contributed by atoms with van der Waals surface area (Å²) in [7, 11) is 0. The van der Waals surface area contributed by atoms with Gasteiger partial charge in [-0.1, -0.05) is 13.8 Å². The van der Waals surface area contributed by atoms with E-state index in [1.807, 2.05) is 0 Å². The van der Waals surface area contributed by atoms with Crippen LogP contribution in [0.25, 0.3) is 0 Å². The molecule has 0 bridgehead atoms. The first-order valence-corrected chi connectivity index (χ1v) is 7.60. The SMILES string of the molecule is CC(C)Cn1c(C2CC2)nc(C2CCCOC2)c1N. The molecule has 19 heavy (non-hydrogen) atoms. The van der Waals surface area contributed by atoms with Crippen LogP contribution in [-0.2, 0) is 11.3 Å².